The van der Waals surface area contributed by atoms with E-state index in [-0.39, 0.29) is 64.9 Å². The summed E-state index contributed by atoms with van der Waals surface area (Å²) in [7, 11) is 0. The van der Waals surface area contributed by atoms with Crippen LogP contribution in [0.15, 0.2) is 54.0 Å². The maximum absolute atomic E-state index is 15.9. The number of amides is 1. The molecule has 1 aromatic carbocycles. The van der Waals surface area contributed by atoms with Crippen molar-refractivity contribution >= 4 is 28.4 Å². The number of nitrogens with two attached hydrogens (primary N) is 1. The van der Waals surface area contributed by atoms with Gasteiger partial charge in [0.25, 0.3) is 0 Å². The Morgan fingerprint density at radius 2 is 1.89 bits per heavy atom. The molecule has 44 heavy (non-hydrogen) atoms. The van der Waals surface area contributed by atoms with Crippen LogP contribution in [-0.2, 0) is 4.79 Å². The zero-order valence-corrected chi connectivity index (χ0v) is 24.0. The Hall–Kier alpha value is -4.88. The summed E-state index contributed by atoms with van der Waals surface area (Å²) in [6.07, 6.45) is -2.34. The summed E-state index contributed by atoms with van der Waals surface area (Å²) in [6, 6.07) is 5.74. The van der Waals surface area contributed by atoms with Gasteiger partial charge in [0.1, 0.15) is 17.3 Å². The molecule has 1 aliphatic rings. The quantitative estimate of drug-likeness (QED) is 0.194. The second kappa shape index (κ2) is 11.3. The lowest BCUT2D eigenvalue weighted by Crippen LogP contribution is -2.54. The molecule has 0 radical (unpaired) electrons. The van der Waals surface area contributed by atoms with Gasteiger partial charge in [0.15, 0.2) is 11.5 Å². The van der Waals surface area contributed by atoms with Gasteiger partial charge in [-0.25, -0.2) is 23.1 Å². The number of aryl methyl sites for hydroxylation is 1. The molecule has 0 spiro atoms. The first kappa shape index (κ1) is 30.6. The first-order valence-electron chi connectivity index (χ1n) is 13.6. The largest absolute Gasteiger partial charge is 0.398 e. The van der Waals surface area contributed by atoms with Crippen LogP contribution >= 0.6 is 0 Å². The highest BCUT2D eigenvalue weighted by Crippen LogP contribution is 2.39. The molecule has 0 aliphatic carbocycles. The van der Waals surface area contributed by atoms with E-state index in [2.05, 4.69) is 21.5 Å². The number of carbonyl (C=O) groups excluding carboxylic acids is 1. The Morgan fingerprint density at radius 1 is 1.16 bits per heavy atom. The minimum absolute atomic E-state index is 0.00544. The van der Waals surface area contributed by atoms with E-state index in [1.807, 2.05) is 0 Å². The van der Waals surface area contributed by atoms with Crippen LogP contribution < -0.4 is 16.3 Å². The van der Waals surface area contributed by atoms with Crippen LogP contribution in [0.1, 0.15) is 31.0 Å². The van der Waals surface area contributed by atoms with E-state index >= 15 is 4.39 Å². The van der Waals surface area contributed by atoms with E-state index in [9.17, 15) is 27.2 Å². The number of hydrogen-bond donors (Lipinski definition) is 1. The van der Waals surface area contributed by atoms with Gasteiger partial charge >= 0.3 is 11.9 Å². The van der Waals surface area contributed by atoms with Crippen molar-refractivity contribution in [3.63, 3.8) is 0 Å². The highest BCUT2D eigenvalue weighted by molar-refractivity contribution is 5.92. The van der Waals surface area contributed by atoms with Crippen LogP contribution in [-0.4, -0.2) is 62.2 Å². The molecule has 0 unspecified atom stereocenters. The van der Waals surface area contributed by atoms with E-state index in [1.54, 1.807) is 16.7 Å². The standard InChI is InChI=1S/C30H28F5N7O2/c1-5-22(43)40-11-12-41(16(3)14-40)27-18-13-20(32)25(23-19(31)7-6-8-21(23)36)38-28(18)42(29(44)39-27)26-15(2)9-10-37-24(26)17(4)30(33,34)35/h5-10,13,16-17H,1,11-12,14,36H2,2-4H3/t16-,17-/m0/s1. The molecule has 3 aromatic heterocycles. The molecule has 0 saturated carbocycles. The number of benzene rings is 1. The topological polar surface area (TPSA) is 110 Å². The Bertz CT molecular complexity index is 1840. The predicted octanol–water partition coefficient (Wildman–Crippen LogP) is 4.90. The lowest BCUT2D eigenvalue weighted by molar-refractivity contribution is -0.147. The summed E-state index contributed by atoms with van der Waals surface area (Å²) in [6.45, 7) is 8.33. The minimum atomic E-state index is -4.72. The van der Waals surface area contributed by atoms with Crippen molar-refractivity contribution < 1.29 is 26.7 Å². The average Bonchev–Trinajstić information content (AvgIpc) is 2.96. The van der Waals surface area contributed by atoms with Crippen molar-refractivity contribution in [2.75, 3.05) is 30.3 Å². The van der Waals surface area contributed by atoms with Gasteiger partial charge < -0.3 is 15.5 Å². The van der Waals surface area contributed by atoms with Crippen molar-refractivity contribution in [2.45, 2.75) is 38.9 Å². The number of pyridine rings is 2. The molecular formula is C30H28F5N7O2. The summed E-state index contributed by atoms with van der Waals surface area (Å²) in [5, 5.41) is -0.0232. The van der Waals surface area contributed by atoms with Gasteiger partial charge in [0.2, 0.25) is 5.91 Å². The molecule has 1 amide bonds. The molecule has 1 aliphatic heterocycles. The Labute approximate surface area is 248 Å². The molecule has 4 aromatic rings. The Balaban J connectivity index is 1.85. The van der Waals surface area contributed by atoms with Gasteiger partial charge in [-0.15, -0.1) is 0 Å². The van der Waals surface area contributed by atoms with Crippen LogP contribution in [0, 0.1) is 18.6 Å². The monoisotopic (exact) mass is 613 g/mol. The normalized spacial score (nSPS) is 16.3. The van der Waals surface area contributed by atoms with Crippen LogP contribution in [0.25, 0.3) is 28.0 Å². The van der Waals surface area contributed by atoms with Gasteiger partial charge in [0.05, 0.1) is 28.2 Å². The van der Waals surface area contributed by atoms with Gasteiger partial charge in [-0.3, -0.25) is 9.78 Å². The summed E-state index contributed by atoms with van der Waals surface area (Å²) >= 11 is 0. The number of fused-ring (bicyclic) bond motifs is 1. The van der Waals surface area contributed by atoms with Crippen molar-refractivity contribution in [3.05, 3.63) is 82.6 Å². The second-order valence-corrected chi connectivity index (χ2v) is 10.6. The van der Waals surface area contributed by atoms with E-state index in [1.165, 1.54) is 37.4 Å². The summed E-state index contributed by atoms with van der Waals surface area (Å²) in [5.74, 6) is -4.27. The van der Waals surface area contributed by atoms with Gasteiger partial charge in [-0.2, -0.15) is 18.2 Å². The Morgan fingerprint density at radius 3 is 2.52 bits per heavy atom. The van der Waals surface area contributed by atoms with Crippen LogP contribution in [0.3, 0.4) is 0 Å². The van der Waals surface area contributed by atoms with E-state index in [0.29, 0.717) is 0 Å². The highest BCUT2D eigenvalue weighted by Gasteiger charge is 2.40. The molecule has 9 nitrogen and oxygen atoms in total. The fraction of sp³-hybridized carbons (Fsp3) is 0.300. The third-order valence-electron chi connectivity index (χ3n) is 7.75. The number of hydrogen-bond acceptors (Lipinski definition) is 7. The van der Waals surface area contributed by atoms with E-state index in [4.69, 9.17) is 5.73 Å². The second-order valence-electron chi connectivity index (χ2n) is 10.6. The summed E-state index contributed by atoms with van der Waals surface area (Å²) < 4.78 is 73.6. The number of nitrogens with zero attached hydrogens (tertiary/aromatic N) is 6. The molecule has 1 fully saturated rings. The minimum Gasteiger partial charge on any atom is -0.398 e. The van der Waals surface area contributed by atoms with Gasteiger partial charge in [-0.05, 0) is 56.7 Å². The Kier molecular flexibility index (Phi) is 7.87. The molecule has 1 saturated heterocycles. The van der Waals surface area contributed by atoms with Crippen LogP contribution in [0.5, 0.6) is 0 Å². The molecule has 5 rings (SSSR count). The lowest BCUT2D eigenvalue weighted by Gasteiger charge is -2.40. The molecular weight excluding hydrogens is 585 g/mol. The number of piperazine rings is 1. The molecule has 0 bridgehead atoms. The van der Waals surface area contributed by atoms with Crippen molar-refractivity contribution in [1.82, 2.24) is 24.4 Å². The maximum atomic E-state index is 15.9. The molecule has 4 heterocycles. The first-order valence-corrected chi connectivity index (χ1v) is 13.6. The number of alkyl halides is 3. The van der Waals surface area contributed by atoms with Crippen LogP contribution in [0.4, 0.5) is 33.5 Å². The average molecular weight is 614 g/mol. The van der Waals surface area contributed by atoms with Crippen molar-refractivity contribution in [3.8, 4) is 16.9 Å². The fourth-order valence-electron chi connectivity index (χ4n) is 5.43. The molecule has 2 atom stereocenters. The maximum Gasteiger partial charge on any atom is 0.397 e. The van der Waals surface area contributed by atoms with E-state index < -0.39 is 46.8 Å². The van der Waals surface area contributed by atoms with Crippen LogP contribution in [0.2, 0.25) is 0 Å². The number of anilines is 2. The number of rotatable bonds is 5. The lowest BCUT2D eigenvalue weighted by atomic mass is 10.0. The first-order chi connectivity index (χ1) is 20.7. The summed E-state index contributed by atoms with van der Waals surface area (Å²) in [4.78, 5) is 41.9. The smallest absolute Gasteiger partial charge is 0.397 e. The zero-order valence-electron chi connectivity index (χ0n) is 24.0. The number of carbonyl (C=O) groups is 1. The molecule has 230 valence electrons. The van der Waals surface area contributed by atoms with Crippen molar-refractivity contribution in [2.24, 2.45) is 0 Å². The molecule has 14 heteroatoms. The number of nitrogen functional groups attached to an aromatic ring is 1. The van der Waals surface area contributed by atoms with Gasteiger partial charge in [-0.1, -0.05) is 12.6 Å². The van der Waals surface area contributed by atoms with Crippen molar-refractivity contribution in [1.29, 1.82) is 0 Å². The predicted molar refractivity (Wildman–Crippen MR) is 155 cm³/mol. The van der Waals surface area contributed by atoms with Gasteiger partial charge in [0, 0.05) is 37.6 Å². The summed E-state index contributed by atoms with van der Waals surface area (Å²) in [5.41, 5.74) is 3.18. The third-order valence-corrected chi connectivity index (χ3v) is 7.75. The highest BCUT2D eigenvalue weighted by atomic mass is 19.4. The SMILES string of the molecule is C=CC(=O)N1CCN(c2nc(=O)n(-c3c(C)ccnc3[C@H](C)C(F)(F)F)c3nc(-c4c(N)cccc4F)c(F)cc23)[C@@H](C)C1. The number of halogens is 5. The van der Waals surface area contributed by atoms with E-state index in [0.717, 1.165) is 23.6 Å². The fourth-order valence-corrected chi connectivity index (χ4v) is 5.43. The zero-order chi connectivity index (χ0) is 32.1. The number of aromatic nitrogens is 4. The third kappa shape index (κ3) is 5.24. The molecule has 2 N–H and O–H groups in total.